The number of carbonyl (C=O) groups is 1. The van der Waals surface area contributed by atoms with Gasteiger partial charge in [-0.3, -0.25) is 4.79 Å². The lowest BCUT2D eigenvalue weighted by Gasteiger charge is -2.47. The summed E-state index contributed by atoms with van der Waals surface area (Å²) >= 11 is 0. The zero-order valence-electron chi connectivity index (χ0n) is 13.5. The van der Waals surface area contributed by atoms with Crippen LogP contribution in [0.5, 0.6) is 0 Å². The molecular weight excluding hydrogens is 292 g/mol. The van der Waals surface area contributed by atoms with Gasteiger partial charge in [0.1, 0.15) is 5.60 Å². The molecule has 5 nitrogen and oxygen atoms in total. The van der Waals surface area contributed by atoms with E-state index >= 15 is 0 Å². The number of benzene rings is 1. The van der Waals surface area contributed by atoms with Crippen molar-refractivity contribution in [1.29, 1.82) is 0 Å². The number of rotatable bonds is 3. The predicted molar refractivity (Wildman–Crippen MR) is 87.0 cm³/mol. The summed E-state index contributed by atoms with van der Waals surface area (Å²) in [5, 5.41) is 11.3. The van der Waals surface area contributed by atoms with Crippen LogP contribution in [0.1, 0.15) is 22.5 Å². The Labute approximate surface area is 136 Å². The van der Waals surface area contributed by atoms with Gasteiger partial charge in [0.2, 0.25) is 0 Å². The Balaban J connectivity index is 1.86. The van der Waals surface area contributed by atoms with Gasteiger partial charge in [0.15, 0.2) is 5.76 Å². The van der Waals surface area contributed by atoms with E-state index in [0.717, 1.165) is 5.56 Å². The van der Waals surface area contributed by atoms with Crippen LogP contribution in [0.3, 0.4) is 0 Å². The Morgan fingerprint density at radius 2 is 2.00 bits per heavy atom. The fourth-order valence-electron chi connectivity index (χ4n) is 3.32. The van der Waals surface area contributed by atoms with E-state index < -0.39 is 5.60 Å². The SMILES string of the molecule is CN(C)[C@@H]1CN(C(=O)c2ccco2)CC[C@]1(O)c1ccccc1. The molecule has 0 bridgehead atoms. The number of nitrogens with zero attached hydrogens (tertiary/aromatic N) is 2. The first-order chi connectivity index (χ1) is 11.0. The number of hydrogen-bond donors (Lipinski definition) is 1. The lowest BCUT2D eigenvalue weighted by atomic mass is 9.79. The number of likely N-dealkylation sites (N-methyl/N-ethyl adjacent to an activating group) is 1. The van der Waals surface area contributed by atoms with Crippen LogP contribution in [0.15, 0.2) is 53.1 Å². The van der Waals surface area contributed by atoms with Gasteiger partial charge in [0.05, 0.1) is 12.3 Å². The highest BCUT2D eigenvalue weighted by Gasteiger charge is 2.45. The normalized spacial score (nSPS) is 24.9. The van der Waals surface area contributed by atoms with Crippen LogP contribution in [-0.4, -0.2) is 54.0 Å². The number of likely N-dealkylation sites (tertiary alicyclic amines) is 1. The van der Waals surface area contributed by atoms with Crippen LogP contribution in [0.4, 0.5) is 0 Å². The molecule has 0 radical (unpaired) electrons. The van der Waals surface area contributed by atoms with E-state index in [4.69, 9.17) is 4.42 Å². The fourth-order valence-corrected chi connectivity index (χ4v) is 3.32. The van der Waals surface area contributed by atoms with E-state index in [1.54, 1.807) is 17.0 Å². The molecule has 1 aliphatic rings. The molecule has 0 aliphatic carbocycles. The molecule has 1 saturated heterocycles. The monoisotopic (exact) mass is 314 g/mol. The molecule has 1 amide bonds. The van der Waals surface area contributed by atoms with Crippen LogP contribution in [-0.2, 0) is 5.60 Å². The molecule has 1 fully saturated rings. The lowest BCUT2D eigenvalue weighted by molar-refractivity contribution is -0.0813. The van der Waals surface area contributed by atoms with Crippen LogP contribution in [0.25, 0.3) is 0 Å². The Hall–Kier alpha value is -2.11. The molecule has 2 aromatic rings. The Morgan fingerprint density at radius 3 is 2.61 bits per heavy atom. The van der Waals surface area contributed by atoms with Crippen LogP contribution in [0, 0.1) is 0 Å². The van der Waals surface area contributed by atoms with Crippen molar-refractivity contribution < 1.29 is 14.3 Å². The molecular formula is C18H22N2O3. The molecule has 23 heavy (non-hydrogen) atoms. The summed E-state index contributed by atoms with van der Waals surface area (Å²) in [6.07, 6.45) is 1.99. The number of carbonyl (C=O) groups excluding carboxylic acids is 1. The van der Waals surface area contributed by atoms with Crippen LogP contribution < -0.4 is 0 Å². The smallest absolute Gasteiger partial charge is 0.289 e. The number of piperidine rings is 1. The highest BCUT2D eigenvalue weighted by Crippen LogP contribution is 2.35. The third-order valence-corrected chi connectivity index (χ3v) is 4.62. The maximum Gasteiger partial charge on any atom is 0.289 e. The fraction of sp³-hybridized carbons (Fsp3) is 0.389. The Kier molecular flexibility index (Phi) is 4.24. The molecule has 0 unspecified atom stereocenters. The van der Waals surface area contributed by atoms with Crippen molar-refractivity contribution >= 4 is 5.91 Å². The van der Waals surface area contributed by atoms with Crippen molar-refractivity contribution in [3.8, 4) is 0 Å². The average Bonchev–Trinajstić information content (AvgIpc) is 3.09. The van der Waals surface area contributed by atoms with Crippen molar-refractivity contribution in [2.45, 2.75) is 18.1 Å². The van der Waals surface area contributed by atoms with Crippen molar-refractivity contribution in [3.63, 3.8) is 0 Å². The summed E-state index contributed by atoms with van der Waals surface area (Å²) in [5.41, 5.74) is -0.0752. The molecule has 1 aliphatic heterocycles. The van der Waals surface area contributed by atoms with Gasteiger partial charge >= 0.3 is 0 Å². The van der Waals surface area contributed by atoms with E-state index in [9.17, 15) is 9.90 Å². The third-order valence-electron chi connectivity index (χ3n) is 4.62. The van der Waals surface area contributed by atoms with Crippen molar-refractivity contribution in [1.82, 2.24) is 9.80 Å². The molecule has 122 valence electrons. The van der Waals surface area contributed by atoms with E-state index in [1.165, 1.54) is 6.26 Å². The van der Waals surface area contributed by atoms with E-state index in [-0.39, 0.29) is 11.9 Å². The van der Waals surface area contributed by atoms with Gasteiger partial charge in [-0.2, -0.15) is 0 Å². The van der Waals surface area contributed by atoms with Gasteiger partial charge < -0.3 is 19.3 Å². The zero-order chi connectivity index (χ0) is 16.4. The Morgan fingerprint density at radius 1 is 1.26 bits per heavy atom. The number of hydrogen-bond acceptors (Lipinski definition) is 4. The maximum atomic E-state index is 12.5. The first kappa shape index (κ1) is 15.8. The molecule has 0 spiro atoms. The summed E-state index contributed by atoms with van der Waals surface area (Å²) in [6, 6.07) is 12.9. The summed E-state index contributed by atoms with van der Waals surface area (Å²) < 4.78 is 5.21. The second kappa shape index (κ2) is 6.18. The molecule has 2 heterocycles. The predicted octanol–water partition coefficient (Wildman–Crippen LogP) is 1.94. The minimum absolute atomic E-state index is 0.128. The van der Waals surface area contributed by atoms with E-state index in [2.05, 4.69) is 0 Å². The number of aliphatic hydroxyl groups is 1. The second-order valence-corrected chi connectivity index (χ2v) is 6.25. The third kappa shape index (κ3) is 2.90. The topological polar surface area (TPSA) is 56.9 Å². The van der Waals surface area contributed by atoms with Crippen molar-refractivity contribution in [2.24, 2.45) is 0 Å². The summed E-state index contributed by atoms with van der Waals surface area (Å²) in [7, 11) is 3.86. The van der Waals surface area contributed by atoms with E-state index in [1.807, 2.05) is 49.3 Å². The largest absolute Gasteiger partial charge is 0.459 e. The minimum atomic E-state index is -0.968. The number of furan rings is 1. The molecule has 1 aromatic carbocycles. The Bertz CT molecular complexity index is 654. The van der Waals surface area contributed by atoms with Crippen LogP contribution in [0.2, 0.25) is 0 Å². The zero-order valence-corrected chi connectivity index (χ0v) is 13.5. The molecule has 5 heteroatoms. The highest BCUT2D eigenvalue weighted by molar-refractivity contribution is 5.91. The molecule has 2 atom stereocenters. The van der Waals surface area contributed by atoms with Gasteiger partial charge in [0.25, 0.3) is 5.91 Å². The van der Waals surface area contributed by atoms with Gasteiger partial charge in [-0.25, -0.2) is 0 Å². The van der Waals surface area contributed by atoms with Crippen molar-refractivity contribution in [2.75, 3.05) is 27.2 Å². The van der Waals surface area contributed by atoms with Gasteiger partial charge in [-0.1, -0.05) is 30.3 Å². The number of amides is 1. The first-order valence-electron chi connectivity index (χ1n) is 7.79. The van der Waals surface area contributed by atoms with E-state index in [0.29, 0.717) is 25.3 Å². The maximum absolute atomic E-state index is 12.5. The summed E-state index contributed by atoms with van der Waals surface area (Å²) in [4.78, 5) is 16.2. The minimum Gasteiger partial charge on any atom is -0.459 e. The molecule has 1 N–H and O–H groups in total. The first-order valence-corrected chi connectivity index (χ1v) is 7.79. The van der Waals surface area contributed by atoms with Crippen molar-refractivity contribution in [3.05, 3.63) is 60.1 Å². The molecule has 3 rings (SSSR count). The summed E-state index contributed by atoms with van der Waals surface area (Å²) in [5.74, 6) is 0.213. The van der Waals surface area contributed by atoms with Gasteiger partial charge in [0, 0.05) is 13.1 Å². The standard InChI is InChI=1S/C18H22N2O3/c1-19(2)16-13-20(17(21)15-9-6-12-23-15)11-10-18(16,22)14-7-4-3-5-8-14/h3-9,12,16,22H,10-11,13H2,1-2H3/t16-,18+/m1/s1. The summed E-state index contributed by atoms with van der Waals surface area (Å²) in [6.45, 7) is 0.952. The van der Waals surface area contributed by atoms with Gasteiger partial charge in [-0.05, 0) is 38.2 Å². The molecule has 1 aromatic heterocycles. The quantitative estimate of drug-likeness (QED) is 0.941. The lowest BCUT2D eigenvalue weighted by Crippen LogP contribution is -2.60. The average molecular weight is 314 g/mol. The second-order valence-electron chi connectivity index (χ2n) is 6.25. The van der Waals surface area contributed by atoms with Gasteiger partial charge in [-0.15, -0.1) is 0 Å². The molecule has 0 saturated carbocycles. The highest BCUT2D eigenvalue weighted by atomic mass is 16.3. The van der Waals surface area contributed by atoms with Crippen LogP contribution >= 0.6 is 0 Å².